The Hall–Kier alpha value is -2.63. The number of fused-ring (bicyclic) bond motifs is 2. The highest BCUT2D eigenvalue weighted by molar-refractivity contribution is 5.80. The van der Waals surface area contributed by atoms with Crippen LogP contribution < -0.4 is 4.43 Å². The molecule has 0 aliphatic carbocycles. The molecule has 2 N–H and O–H groups in total. The Morgan fingerprint density at radius 1 is 0.800 bits per heavy atom. The SMILES string of the molecule is CCCCCCCCCCCCc1cc2c(cc1O)oc1cc(O)c(F)cc1[n+]2=O. The summed E-state index contributed by atoms with van der Waals surface area (Å²) in [4.78, 5) is 12.7. The van der Waals surface area contributed by atoms with Gasteiger partial charge < -0.3 is 14.6 Å². The van der Waals surface area contributed by atoms with Crippen LogP contribution in [0, 0.1) is 10.7 Å². The van der Waals surface area contributed by atoms with Crippen molar-refractivity contribution in [3.05, 3.63) is 40.6 Å². The molecule has 30 heavy (non-hydrogen) atoms. The zero-order valence-corrected chi connectivity index (χ0v) is 17.6. The zero-order chi connectivity index (χ0) is 21.5. The first kappa shape index (κ1) is 22.1. The molecule has 162 valence electrons. The van der Waals surface area contributed by atoms with E-state index < -0.39 is 11.6 Å². The van der Waals surface area contributed by atoms with Gasteiger partial charge in [0, 0.05) is 28.7 Å². The van der Waals surface area contributed by atoms with Crippen LogP contribution in [0.15, 0.2) is 28.7 Å². The fraction of sp³-hybridized carbons (Fsp3) is 0.500. The van der Waals surface area contributed by atoms with E-state index in [0.29, 0.717) is 16.4 Å². The Balaban J connectivity index is 1.61. The molecule has 3 aromatic rings. The Bertz CT molecular complexity index is 1060. The number of phenolic OH excluding ortho intramolecular Hbond substituents is 2. The van der Waals surface area contributed by atoms with Gasteiger partial charge in [0.2, 0.25) is 11.2 Å². The monoisotopic (exact) mass is 416 g/mol. The minimum absolute atomic E-state index is 0.00613. The van der Waals surface area contributed by atoms with Crippen molar-refractivity contribution >= 4 is 22.2 Å². The first-order valence-electron chi connectivity index (χ1n) is 11.0. The predicted molar refractivity (Wildman–Crippen MR) is 116 cm³/mol. The summed E-state index contributed by atoms with van der Waals surface area (Å²) >= 11 is 0. The Morgan fingerprint density at radius 2 is 1.33 bits per heavy atom. The van der Waals surface area contributed by atoms with Gasteiger partial charge in [0.15, 0.2) is 11.6 Å². The van der Waals surface area contributed by atoms with Crippen LogP contribution in [-0.2, 0) is 6.42 Å². The molecular formula is C24H31FNO4+. The summed E-state index contributed by atoms with van der Waals surface area (Å²) in [6.45, 7) is 2.23. The predicted octanol–water partition coefficient (Wildman–Crippen LogP) is 6.51. The van der Waals surface area contributed by atoms with E-state index >= 15 is 0 Å². The molecule has 0 unspecified atom stereocenters. The van der Waals surface area contributed by atoms with Gasteiger partial charge in [0.1, 0.15) is 5.75 Å². The smallest absolute Gasteiger partial charge is 0.309 e. The molecule has 3 rings (SSSR count). The van der Waals surface area contributed by atoms with Crippen LogP contribution in [-0.4, -0.2) is 10.2 Å². The molecule has 1 heterocycles. The van der Waals surface area contributed by atoms with Crippen LogP contribution in [0.4, 0.5) is 4.39 Å². The number of halogens is 1. The maximum atomic E-state index is 13.7. The number of benzene rings is 2. The van der Waals surface area contributed by atoms with Crippen molar-refractivity contribution in [2.75, 3.05) is 0 Å². The van der Waals surface area contributed by atoms with Crippen LogP contribution in [0.3, 0.4) is 0 Å². The average molecular weight is 417 g/mol. The number of hydrogen-bond acceptors (Lipinski definition) is 4. The molecule has 0 aliphatic rings. The highest BCUT2D eigenvalue weighted by Gasteiger charge is 2.21. The molecule has 0 fully saturated rings. The zero-order valence-electron chi connectivity index (χ0n) is 17.6. The van der Waals surface area contributed by atoms with Crippen LogP contribution in [0.5, 0.6) is 11.5 Å². The van der Waals surface area contributed by atoms with Crippen LogP contribution in [0.1, 0.15) is 76.7 Å². The van der Waals surface area contributed by atoms with Gasteiger partial charge in [0.05, 0.1) is 10.5 Å². The van der Waals surface area contributed by atoms with E-state index in [4.69, 9.17) is 4.42 Å². The molecule has 6 heteroatoms. The van der Waals surface area contributed by atoms with Crippen molar-refractivity contribution in [3.8, 4) is 11.5 Å². The van der Waals surface area contributed by atoms with Crippen molar-refractivity contribution in [3.63, 3.8) is 0 Å². The average Bonchev–Trinajstić information content (AvgIpc) is 2.72. The minimum Gasteiger partial charge on any atom is -0.508 e. The molecule has 0 radical (unpaired) electrons. The van der Waals surface area contributed by atoms with Crippen molar-refractivity contribution < 1.29 is 23.4 Å². The van der Waals surface area contributed by atoms with E-state index in [1.807, 2.05) is 0 Å². The standard InChI is InChI=1S/C24H30FNO4/c1-2-3-4-5-6-7-8-9-10-11-12-17-13-19-23(15-21(17)27)30-24-16-22(28)18(25)14-20(24)26(19)29/h13-16H,2-12H2,1H3,(H-,27,28,29)/p+1. The third-order valence-corrected chi connectivity index (χ3v) is 5.65. The molecule has 2 aromatic carbocycles. The Labute approximate surface area is 175 Å². The van der Waals surface area contributed by atoms with Gasteiger partial charge >= 0.3 is 11.0 Å². The normalized spacial score (nSPS) is 11.5. The van der Waals surface area contributed by atoms with Crippen LogP contribution in [0.25, 0.3) is 22.2 Å². The molecule has 0 atom stereocenters. The summed E-state index contributed by atoms with van der Waals surface area (Å²) < 4.78 is 19.8. The van der Waals surface area contributed by atoms with Gasteiger partial charge in [-0.05, 0) is 12.8 Å². The summed E-state index contributed by atoms with van der Waals surface area (Å²) in [5, 5.41) is 19.8. The number of aromatic hydroxyl groups is 2. The number of hydrogen-bond donors (Lipinski definition) is 2. The Morgan fingerprint density at radius 3 is 1.97 bits per heavy atom. The number of rotatable bonds is 11. The molecule has 5 nitrogen and oxygen atoms in total. The van der Waals surface area contributed by atoms with E-state index in [1.54, 1.807) is 6.07 Å². The lowest BCUT2D eigenvalue weighted by Gasteiger charge is -2.05. The van der Waals surface area contributed by atoms with Gasteiger partial charge in [0.25, 0.3) is 0 Å². The first-order valence-corrected chi connectivity index (χ1v) is 11.0. The second-order valence-corrected chi connectivity index (χ2v) is 8.05. The van der Waals surface area contributed by atoms with Gasteiger partial charge in [-0.25, -0.2) is 4.39 Å². The molecule has 0 amide bonds. The van der Waals surface area contributed by atoms with Gasteiger partial charge in [-0.3, -0.25) is 0 Å². The second-order valence-electron chi connectivity index (χ2n) is 8.05. The quantitative estimate of drug-likeness (QED) is 0.212. The molecule has 0 aliphatic heterocycles. The largest absolute Gasteiger partial charge is 0.508 e. The molecule has 1 aromatic heterocycles. The third kappa shape index (κ3) is 5.29. The summed E-state index contributed by atoms with van der Waals surface area (Å²) in [6.07, 6.45) is 13.0. The number of aromatic nitrogens is 1. The molecule has 0 spiro atoms. The van der Waals surface area contributed by atoms with Crippen molar-refractivity contribution in [1.29, 1.82) is 0 Å². The lowest BCUT2D eigenvalue weighted by Crippen LogP contribution is -2.16. The summed E-state index contributed by atoms with van der Waals surface area (Å²) in [7, 11) is 0. The van der Waals surface area contributed by atoms with Crippen molar-refractivity contribution in [2.45, 2.75) is 77.6 Å². The van der Waals surface area contributed by atoms with Crippen molar-refractivity contribution in [1.82, 2.24) is 0 Å². The van der Waals surface area contributed by atoms with E-state index in [0.717, 1.165) is 25.0 Å². The lowest BCUT2D eigenvalue weighted by molar-refractivity contribution is -0.433. The van der Waals surface area contributed by atoms with Gasteiger partial charge in [-0.2, -0.15) is 0 Å². The number of nitrogens with zero attached hydrogens (tertiary/aromatic N) is 1. The van der Waals surface area contributed by atoms with Crippen LogP contribution >= 0.6 is 0 Å². The van der Waals surface area contributed by atoms with E-state index in [1.165, 1.54) is 57.4 Å². The molecule has 0 saturated heterocycles. The summed E-state index contributed by atoms with van der Waals surface area (Å²) in [5.74, 6) is -1.40. The van der Waals surface area contributed by atoms with E-state index in [9.17, 15) is 19.5 Å². The maximum Gasteiger partial charge on any atom is 0.309 e. The molecular weight excluding hydrogens is 385 g/mol. The maximum absolute atomic E-state index is 13.7. The molecule has 0 saturated carbocycles. The second kappa shape index (κ2) is 10.4. The van der Waals surface area contributed by atoms with Gasteiger partial charge in [-0.1, -0.05) is 64.7 Å². The van der Waals surface area contributed by atoms with Crippen LogP contribution in [0.2, 0.25) is 0 Å². The lowest BCUT2D eigenvalue weighted by atomic mass is 10.0. The fourth-order valence-electron chi connectivity index (χ4n) is 3.87. The highest BCUT2D eigenvalue weighted by Crippen LogP contribution is 2.29. The Kier molecular flexibility index (Phi) is 7.66. The summed E-state index contributed by atoms with van der Waals surface area (Å²) in [5.41, 5.74) is 1.15. The third-order valence-electron chi connectivity index (χ3n) is 5.65. The first-order chi connectivity index (χ1) is 14.5. The molecule has 0 bridgehead atoms. The topological polar surface area (TPSA) is 76.6 Å². The van der Waals surface area contributed by atoms with Gasteiger partial charge in [-0.15, -0.1) is 0 Å². The minimum atomic E-state index is -0.883. The van der Waals surface area contributed by atoms with E-state index in [2.05, 4.69) is 6.92 Å². The summed E-state index contributed by atoms with van der Waals surface area (Å²) in [6, 6.07) is 5.04. The van der Waals surface area contributed by atoms with Crippen molar-refractivity contribution in [2.24, 2.45) is 0 Å². The highest BCUT2D eigenvalue weighted by atomic mass is 19.1. The fourth-order valence-corrected chi connectivity index (χ4v) is 3.87. The number of phenols is 2. The number of aryl methyl sites for hydroxylation is 1. The van der Waals surface area contributed by atoms with E-state index in [-0.39, 0.29) is 27.9 Å². The number of unbranched alkanes of at least 4 members (excludes halogenated alkanes) is 9.